The summed E-state index contributed by atoms with van der Waals surface area (Å²) in [5.41, 5.74) is 1.22. The molecule has 13 heavy (non-hydrogen) atoms. The molecule has 2 rings (SSSR count). The van der Waals surface area contributed by atoms with E-state index in [4.69, 9.17) is 0 Å². The normalized spacial score (nSPS) is 14.8. The highest BCUT2D eigenvalue weighted by molar-refractivity contribution is 5.47. The summed E-state index contributed by atoms with van der Waals surface area (Å²) in [6.45, 7) is 0. The molecule has 1 aromatic rings. The number of rotatable bonds is 1. The summed E-state index contributed by atoms with van der Waals surface area (Å²) in [7, 11) is 4.09. The third-order valence-corrected chi connectivity index (χ3v) is 2.15. The van der Waals surface area contributed by atoms with Crippen LogP contribution in [0.5, 0.6) is 0 Å². The van der Waals surface area contributed by atoms with E-state index in [0.717, 1.165) is 17.1 Å². The maximum absolute atomic E-state index is 4.22. The van der Waals surface area contributed by atoms with Crippen LogP contribution in [0.15, 0.2) is 18.1 Å². The standard InChI is InChI=1S/C10H13N3/c1-13(2)8-4-3-5-9-10(6-8)12-7-11-9/h4-7H,3H2,1-2H3,(H,11,12). The fraction of sp³-hybridized carbons (Fsp3) is 0.300. The Bertz CT molecular complexity index is 437. The van der Waals surface area contributed by atoms with Crippen molar-refractivity contribution < 1.29 is 0 Å². The van der Waals surface area contributed by atoms with Gasteiger partial charge in [-0.3, -0.25) is 0 Å². The monoisotopic (exact) mass is 175 g/mol. The second-order valence-corrected chi connectivity index (χ2v) is 3.31. The van der Waals surface area contributed by atoms with Gasteiger partial charge in [-0.2, -0.15) is 0 Å². The lowest BCUT2D eigenvalue weighted by molar-refractivity contribution is 0.536. The van der Waals surface area contributed by atoms with Gasteiger partial charge in [-0.05, 0) is 12.5 Å². The van der Waals surface area contributed by atoms with E-state index < -0.39 is 0 Å². The second kappa shape index (κ2) is 3.09. The van der Waals surface area contributed by atoms with Crippen molar-refractivity contribution in [1.82, 2.24) is 14.9 Å². The zero-order valence-electron chi connectivity index (χ0n) is 7.91. The number of aromatic amines is 1. The first-order valence-corrected chi connectivity index (χ1v) is 4.36. The summed E-state index contributed by atoms with van der Waals surface area (Å²) in [6, 6.07) is 0. The molecule has 1 aliphatic carbocycles. The van der Waals surface area contributed by atoms with Crippen LogP contribution in [0.2, 0.25) is 0 Å². The molecule has 3 heteroatoms. The number of nitrogens with one attached hydrogen (secondary N) is 1. The van der Waals surface area contributed by atoms with Gasteiger partial charge in [0.05, 0.1) is 17.0 Å². The molecule has 0 amide bonds. The quantitative estimate of drug-likeness (QED) is 0.642. The highest BCUT2D eigenvalue weighted by atomic mass is 15.1. The van der Waals surface area contributed by atoms with Gasteiger partial charge in [0.1, 0.15) is 0 Å². The Morgan fingerprint density at radius 2 is 2.23 bits per heavy atom. The van der Waals surface area contributed by atoms with E-state index >= 15 is 0 Å². The Hall–Kier alpha value is -1.51. The Kier molecular flexibility index (Phi) is 1.93. The van der Waals surface area contributed by atoms with Crippen LogP contribution >= 0.6 is 0 Å². The first kappa shape index (κ1) is 8.10. The fourth-order valence-electron chi connectivity index (χ4n) is 1.40. The van der Waals surface area contributed by atoms with Crippen molar-refractivity contribution in [3.05, 3.63) is 28.8 Å². The second-order valence-electron chi connectivity index (χ2n) is 3.31. The number of allylic oxidation sites excluding steroid dienone is 2. The van der Waals surface area contributed by atoms with Crippen LogP contribution in [-0.2, 0) is 0 Å². The van der Waals surface area contributed by atoms with Crippen LogP contribution in [0.4, 0.5) is 0 Å². The predicted octanol–water partition coefficient (Wildman–Crippen LogP) is -0.180. The lowest BCUT2D eigenvalue weighted by Gasteiger charge is -2.12. The summed E-state index contributed by atoms with van der Waals surface area (Å²) in [5, 5.41) is 2.14. The van der Waals surface area contributed by atoms with E-state index in [9.17, 15) is 0 Å². The largest absolute Gasteiger partial charge is 0.378 e. The van der Waals surface area contributed by atoms with Crippen molar-refractivity contribution in [3.63, 3.8) is 0 Å². The van der Waals surface area contributed by atoms with Gasteiger partial charge in [-0.1, -0.05) is 12.2 Å². The average molecular weight is 175 g/mol. The zero-order chi connectivity index (χ0) is 9.26. The lowest BCUT2D eigenvalue weighted by atomic mass is 10.3. The van der Waals surface area contributed by atoms with Gasteiger partial charge in [-0.15, -0.1) is 0 Å². The van der Waals surface area contributed by atoms with Crippen molar-refractivity contribution in [2.45, 2.75) is 6.42 Å². The topological polar surface area (TPSA) is 31.9 Å². The number of hydrogen-bond donors (Lipinski definition) is 1. The van der Waals surface area contributed by atoms with E-state index in [-0.39, 0.29) is 0 Å². The Balaban J connectivity index is 2.56. The van der Waals surface area contributed by atoms with E-state index in [0.29, 0.717) is 0 Å². The Morgan fingerprint density at radius 1 is 1.38 bits per heavy atom. The third kappa shape index (κ3) is 1.49. The molecule has 3 nitrogen and oxygen atoms in total. The highest BCUT2D eigenvalue weighted by Gasteiger charge is 1.99. The summed E-state index contributed by atoms with van der Waals surface area (Å²) in [4.78, 5) is 9.43. The van der Waals surface area contributed by atoms with E-state index in [2.05, 4.69) is 33.1 Å². The van der Waals surface area contributed by atoms with E-state index in [1.807, 2.05) is 14.1 Å². The number of H-pyrrole nitrogens is 1. The van der Waals surface area contributed by atoms with Crippen molar-refractivity contribution in [1.29, 1.82) is 0 Å². The molecule has 0 saturated carbocycles. The number of fused-ring (bicyclic) bond motifs is 1. The van der Waals surface area contributed by atoms with Crippen molar-refractivity contribution in [2.24, 2.45) is 0 Å². The molecule has 0 saturated heterocycles. The predicted molar refractivity (Wildman–Crippen MR) is 53.2 cm³/mol. The van der Waals surface area contributed by atoms with E-state index in [1.54, 1.807) is 6.33 Å². The van der Waals surface area contributed by atoms with Crippen LogP contribution in [0.25, 0.3) is 12.2 Å². The maximum atomic E-state index is 4.22. The number of hydrogen-bond acceptors (Lipinski definition) is 2. The van der Waals surface area contributed by atoms with E-state index in [1.165, 1.54) is 5.70 Å². The molecule has 1 aromatic heterocycles. The third-order valence-electron chi connectivity index (χ3n) is 2.15. The molecular weight excluding hydrogens is 162 g/mol. The highest BCUT2D eigenvalue weighted by Crippen LogP contribution is 2.03. The molecular formula is C10H13N3. The number of aromatic nitrogens is 2. The summed E-state index contributed by atoms with van der Waals surface area (Å²) >= 11 is 0. The van der Waals surface area contributed by atoms with Crippen LogP contribution < -0.4 is 10.7 Å². The van der Waals surface area contributed by atoms with Crippen molar-refractivity contribution in [2.75, 3.05) is 14.1 Å². The lowest BCUT2D eigenvalue weighted by Crippen LogP contribution is -2.24. The minimum Gasteiger partial charge on any atom is -0.378 e. The molecule has 0 atom stereocenters. The summed E-state index contributed by atoms with van der Waals surface area (Å²) < 4.78 is 0. The summed E-state index contributed by atoms with van der Waals surface area (Å²) in [5.74, 6) is 0. The van der Waals surface area contributed by atoms with Gasteiger partial charge >= 0.3 is 0 Å². The van der Waals surface area contributed by atoms with Crippen molar-refractivity contribution >= 4 is 12.2 Å². The molecule has 1 N–H and O–H groups in total. The smallest absolute Gasteiger partial charge is 0.0931 e. The van der Waals surface area contributed by atoms with Gasteiger partial charge < -0.3 is 9.88 Å². The molecule has 68 valence electrons. The van der Waals surface area contributed by atoms with Crippen LogP contribution in [0, 0.1) is 0 Å². The first-order valence-electron chi connectivity index (χ1n) is 4.36. The molecule has 1 heterocycles. The number of imidazole rings is 1. The van der Waals surface area contributed by atoms with Crippen molar-refractivity contribution in [3.8, 4) is 0 Å². The maximum Gasteiger partial charge on any atom is 0.0931 e. The van der Waals surface area contributed by atoms with Gasteiger partial charge in [-0.25, -0.2) is 4.98 Å². The molecule has 0 aromatic carbocycles. The van der Waals surface area contributed by atoms with Gasteiger partial charge in [0.15, 0.2) is 0 Å². The molecule has 0 radical (unpaired) electrons. The van der Waals surface area contributed by atoms with Crippen LogP contribution in [-0.4, -0.2) is 29.0 Å². The summed E-state index contributed by atoms with van der Waals surface area (Å²) in [6.07, 6.45) is 9.11. The zero-order valence-corrected chi connectivity index (χ0v) is 7.91. The molecule has 0 unspecified atom stereocenters. The van der Waals surface area contributed by atoms with Crippen LogP contribution in [0.1, 0.15) is 6.42 Å². The van der Waals surface area contributed by atoms with Gasteiger partial charge in [0, 0.05) is 19.8 Å². The molecule has 0 fully saturated rings. The Morgan fingerprint density at radius 3 is 3.00 bits per heavy atom. The molecule has 1 aliphatic rings. The molecule has 0 bridgehead atoms. The van der Waals surface area contributed by atoms with Crippen LogP contribution in [0.3, 0.4) is 0 Å². The molecule has 0 spiro atoms. The number of nitrogens with zero attached hydrogens (tertiary/aromatic N) is 2. The minimum atomic E-state index is 0.946. The molecule has 0 aliphatic heterocycles. The van der Waals surface area contributed by atoms with Gasteiger partial charge in [0.2, 0.25) is 0 Å². The average Bonchev–Trinajstić information content (AvgIpc) is 2.42. The fourth-order valence-corrected chi connectivity index (χ4v) is 1.40. The van der Waals surface area contributed by atoms with Gasteiger partial charge in [0.25, 0.3) is 0 Å². The Labute approximate surface area is 77.1 Å². The minimum absolute atomic E-state index is 0.946. The SMILES string of the molecule is CN(C)C1=CCC=c2nc[nH]c2=C1. The first-order chi connectivity index (χ1) is 6.27.